The number of imidazole rings is 4. The van der Waals surface area contributed by atoms with Gasteiger partial charge in [-0.15, -0.1) is 24.8 Å². The zero-order valence-electron chi connectivity index (χ0n) is 83.3. The van der Waals surface area contributed by atoms with Crippen LogP contribution >= 0.6 is 46.4 Å². The quantitative estimate of drug-likeness (QED) is 0.0516. The van der Waals surface area contributed by atoms with Crippen LogP contribution < -0.4 is 103 Å². The molecular weight excluding hydrogens is 2010 g/mol. The van der Waals surface area contributed by atoms with Crippen LogP contribution in [0, 0.1) is 48.5 Å². The maximum absolute atomic E-state index is 13.0. The van der Waals surface area contributed by atoms with Gasteiger partial charge in [-0.3, -0.25) is 37.4 Å². The summed E-state index contributed by atoms with van der Waals surface area (Å²) in [6, 6.07) is 72.1. The van der Waals surface area contributed by atoms with Crippen molar-refractivity contribution in [2.45, 2.75) is 56.9 Å². The van der Waals surface area contributed by atoms with Crippen LogP contribution in [0.5, 0.6) is 0 Å². The fourth-order valence-corrected chi connectivity index (χ4v) is 18.9. The molecule has 0 bridgehead atoms. The van der Waals surface area contributed by atoms with Gasteiger partial charge in [0.25, 0.3) is 22.2 Å². The van der Waals surface area contributed by atoms with Gasteiger partial charge in [0.05, 0.1) is 72.9 Å². The van der Waals surface area contributed by atoms with Gasteiger partial charge in [0.15, 0.2) is 22.4 Å². The van der Waals surface area contributed by atoms with Crippen LogP contribution in [-0.4, -0.2) is 110 Å². The Morgan fingerprint density at radius 1 is 0.309 bits per heavy atom. The van der Waals surface area contributed by atoms with Gasteiger partial charge in [-0.25, -0.2) is 39.9 Å². The monoisotopic (exact) mass is 2100 g/mol. The predicted molar refractivity (Wildman–Crippen MR) is 587 cm³/mol. The van der Waals surface area contributed by atoms with E-state index in [9.17, 15) is 39.6 Å². The molecule has 0 aliphatic carbocycles. The molecule has 2 unspecified atom stereocenters. The number of nitrogens with zero attached hydrogens (tertiary/aromatic N) is 16. The fourth-order valence-electron chi connectivity index (χ4n) is 17.8. The van der Waals surface area contributed by atoms with Crippen molar-refractivity contribution in [1.82, 2.24) is 76.4 Å². The Bertz CT molecular complexity index is 8350. The van der Waals surface area contributed by atoms with E-state index in [0.717, 1.165) is 38.8 Å². The minimum absolute atomic E-state index is 0. The van der Waals surface area contributed by atoms with Crippen molar-refractivity contribution in [3.8, 4) is 93.0 Å². The standard InChI is InChI=1S/C31H29ClN4O2Si.3C28H21ClN4O2.2CH4.K.Na.H2O.H/c1-35-20-33-19-28(35)31(38,23-9-11-25(32)12-10-23)24-16-27-26(17-29(37)36(2)30(27)34-18-24)22-8-6-7-21(15-22)13-14-39(3,4)5;3*1-4-18-6-5-7-19(12-18)23-14-26(34)33(3)27-24(23)13-21(15-31-27)28(35,25-16-30-17-32(25)2)20-8-10-22(29)11-9-20;;;;;;/h6-12,15-20,38H,1-5H3;3*1,5-17,35H,2-3H3;2*1H4;;;1H2;/q;;;;;;2*+1;;-1/p-1/t;2*28-;;;;;;;/m.10......./s1. The maximum atomic E-state index is 13.0. The normalized spacial score (nSPS) is 12.5. The fraction of sp³-hybridized carbons (Fsp3) is 0.145. The first-order valence-electron chi connectivity index (χ1n) is 45.1. The number of terminal acetylenes is 3. The molecule has 32 heteroatoms. The molecule has 0 fully saturated rings. The van der Waals surface area contributed by atoms with E-state index in [-0.39, 0.29) is 125 Å². The zero-order valence-corrected chi connectivity index (χ0v) is 91.4. The number of rotatable bonds is 16. The van der Waals surface area contributed by atoms with Crippen molar-refractivity contribution in [1.29, 1.82) is 0 Å². The van der Waals surface area contributed by atoms with Gasteiger partial charge in [-0.1, -0.05) is 202 Å². The van der Waals surface area contributed by atoms with Crippen molar-refractivity contribution in [2.24, 2.45) is 56.4 Å². The summed E-state index contributed by atoms with van der Waals surface area (Å²) in [4.78, 5) is 86.7. The molecule has 0 aliphatic heterocycles. The molecule has 8 aromatic carbocycles. The van der Waals surface area contributed by atoms with Crippen molar-refractivity contribution in [3.05, 3.63) is 469 Å². The number of fused-ring (bicyclic) bond motifs is 4. The third kappa shape index (κ3) is 22.6. The summed E-state index contributed by atoms with van der Waals surface area (Å²) < 4.78 is 13.0. The van der Waals surface area contributed by atoms with Crippen LogP contribution in [0.3, 0.4) is 0 Å². The second-order valence-electron chi connectivity index (χ2n) is 35.9. The van der Waals surface area contributed by atoms with E-state index in [1.165, 1.54) is 18.3 Å². The summed E-state index contributed by atoms with van der Waals surface area (Å²) in [5.41, 5.74) is 14.1. The summed E-state index contributed by atoms with van der Waals surface area (Å²) in [6.07, 6.45) is 36.2. The molecule has 738 valence electrons. The van der Waals surface area contributed by atoms with Crippen LogP contribution in [0.25, 0.3) is 88.6 Å². The number of hydrogen-bond donors (Lipinski definition) is 4. The molecule has 0 amide bonds. The largest absolute Gasteiger partial charge is 1.00 e. The third-order valence-electron chi connectivity index (χ3n) is 25.5. The molecule has 20 rings (SSSR count). The van der Waals surface area contributed by atoms with Crippen LogP contribution in [-0.2, 0) is 78.8 Å². The Kier molecular flexibility index (Phi) is 35.8. The molecule has 5 N–H and O–H groups in total. The number of pyridine rings is 8. The van der Waals surface area contributed by atoms with E-state index in [0.29, 0.717) is 160 Å². The Balaban J connectivity index is 0.000000187. The summed E-state index contributed by atoms with van der Waals surface area (Å²) in [6.45, 7) is 6.61. The van der Waals surface area contributed by atoms with Crippen LogP contribution in [0.1, 0.15) is 106 Å². The van der Waals surface area contributed by atoms with Gasteiger partial charge in [-0.05, 0) is 188 Å². The molecule has 0 saturated heterocycles. The number of halogens is 4. The number of aliphatic hydroxyl groups is 4. The molecule has 20 aromatic rings. The second kappa shape index (κ2) is 46.9. The van der Waals surface area contributed by atoms with E-state index < -0.39 is 30.5 Å². The minimum atomic E-state index is -1.58. The Hall–Kier alpha value is -13.9. The van der Waals surface area contributed by atoms with E-state index in [2.05, 4.69) is 83.8 Å². The first kappa shape index (κ1) is 114. The van der Waals surface area contributed by atoms with Gasteiger partial charge in [0, 0.05) is 192 Å². The molecular formula is C117H102Cl4KN16NaO9Si. The van der Waals surface area contributed by atoms with Crippen LogP contribution in [0.2, 0.25) is 39.7 Å². The van der Waals surface area contributed by atoms with E-state index >= 15 is 0 Å². The number of benzene rings is 8. The van der Waals surface area contributed by atoms with E-state index in [1.807, 2.05) is 150 Å². The molecule has 0 spiro atoms. The van der Waals surface area contributed by atoms with Crippen molar-refractivity contribution in [2.75, 3.05) is 0 Å². The zero-order chi connectivity index (χ0) is 102. The van der Waals surface area contributed by atoms with Crippen LogP contribution in [0.4, 0.5) is 0 Å². The smallest absolute Gasteiger partial charge is 1.00 e. The van der Waals surface area contributed by atoms with Gasteiger partial charge < -0.3 is 45.6 Å². The Morgan fingerprint density at radius 3 is 0.711 bits per heavy atom. The average Bonchev–Trinajstić information content (AvgIpc) is 0.871. The molecule has 12 heterocycles. The Labute approximate surface area is 948 Å². The van der Waals surface area contributed by atoms with E-state index in [1.54, 1.807) is 243 Å². The molecule has 0 aliphatic rings. The third-order valence-corrected chi connectivity index (χ3v) is 27.4. The molecule has 149 heavy (non-hydrogen) atoms. The summed E-state index contributed by atoms with van der Waals surface area (Å²) in [5, 5.41) is 54.3. The van der Waals surface area contributed by atoms with E-state index in [4.69, 9.17) is 70.7 Å². The maximum Gasteiger partial charge on any atom is 1.00 e. The summed E-state index contributed by atoms with van der Waals surface area (Å²) >= 11 is 24.6. The summed E-state index contributed by atoms with van der Waals surface area (Å²) in [7, 11) is 12.4. The van der Waals surface area contributed by atoms with Gasteiger partial charge >= 0.3 is 80.9 Å². The molecule has 0 radical (unpaired) electrons. The van der Waals surface area contributed by atoms with Gasteiger partial charge in [0.1, 0.15) is 30.7 Å². The number of hydrogen-bond acceptors (Lipinski definition) is 17. The molecule has 0 saturated carbocycles. The number of aryl methyl sites for hydroxylation is 8. The van der Waals surface area contributed by atoms with Crippen molar-refractivity contribution in [3.63, 3.8) is 0 Å². The predicted octanol–water partition coefficient (Wildman–Crippen LogP) is 13.5. The topological polar surface area (TPSA) is 322 Å². The SMILES string of the molecule is C.C.C#Cc1cccc(-c2cc(=O)n(C)c3ncc(C(O)(c4ccc(Cl)cc4)c4cncn4C)cc23)c1.C#Cc1cccc(-c2cc(=O)n(C)c3ncc([C@@](O)(c4ccc(Cl)cc4)c4cncn4C)cc23)c1.C#Cc1cccc(-c2cc(=O)n(C)c3ncc([C@](O)(c4ccc(Cl)cc4)c4cncn4C)cc23)c1.Cn1cncc1C(O)(c1ccc(Cl)cc1)c1cnc2c(c1)c(-c1cccc(C#C[Si](C)(C)C)c1)cc(=O)n2C.[H-].[K+].[Na+].[OH-]. The minimum Gasteiger partial charge on any atom is -1.00 e. The first-order valence-corrected chi connectivity index (χ1v) is 50.1. The van der Waals surface area contributed by atoms with Crippen molar-refractivity contribution >= 4 is 98.6 Å². The molecule has 25 nitrogen and oxygen atoms in total. The second-order valence-corrected chi connectivity index (χ2v) is 42.4. The van der Waals surface area contributed by atoms with Crippen LogP contribution in [0.15, 0.2) is 337 Å². The summed E-state index contributed by atoms with van der Waals surface area (Å²) in [5.74, 6) is 11.2. The van der Waals surface area contributed by atoms with Gasteiger partial charge in [0.2, 0.25) is 0 Å². The molecule has 4 atom stereocenters. The van der Waals surface area contributed by atoms with Gasteiger partial charge in [-0.2, -0.15) is 0 Å². The number of aromatic nitrogens is 16. The average molecular weight is 2110 g/mol. The first-order chi connectivity index (χ1) is 68.9. The Morgan fingerprint density at radius 2 is 0.517 bits per heavy atom. The molecule has 12 aromatic heterocycles. The van der Waals surface area contributed by atoms with Crippen molar-refractivity contribution < 1.29 is 108 Å².